The van der Waals surface area contributed by atoms with Crippen LogP contribution >= 0.6 is 0 Å². The van der Waals surface area contributed by atoms with Crippen LogP contribution in [-0.4, -0.2) is 11.2 Å². The Kier molecular flexibility index (Phi) is 4.24. The van der Waals surface area contributed by atoms with Crippen molar-refractivity contribution in [2.75, 3.05) is 0 Å². The van der Waals surface area contributed by atoms with Crippen molar-refractivity contribution in [3.05, 3.63) is 0 Å². The van der Waals surface area contributed by atoms with Crippen LogP contribution in [-0.2, 0) is 0 Å². The Balaban J connectivity index is 2.45. The normalized spacial score (nSPS) is 40.6. The molecular weight excluding hydrogens is 160 g/mol. The van der Waals surface area contributed by atoms with Crippen LogP contribution in [0.5, 0.6) is 0 Å². The van der Waals surface area contributed by atoms with Gasteiger partial charge in [0.25, 0.3) is 0 Å². The second-order valence-electron chi connectivity index (χ2n) is 4.79. The molecule has 0 amide bonds. The fourth-order valence-electron chi connectivity index (χ4n) is 2.58. The Bertz CT molecular complexity index is 144. The summed E-state index contributed by atoms with van der Waals surface area (Å²) >= 11 is 0. The maximum Gasteiger partial charge on any atom is 0.0571 e. The van der Waals surface area contributed by atoms with Crippen LogP contribution in [0.25, 0.3) is 0 Å². The molecule has 0 radical (unpaired) electrons. The molecule has 4 unspecified atom stereocenters. The van der Waals surface area contributed by atoms with Gasteiger partial charge in [-0.25, -0.2) is 0 Å². The lowest BCUT2D eigenvalue weighted by Crippen LogP contribution is -2.35. The van der Waals surface area contributed by atoms with Crippen molar-refractivity contribution in [2.24, 2.45) is 17.8 Å². The monoisotopic (exact) mass is 184 g/mol. The van der Waals surface area contributed by atoms with Crippen molar-refractivity contribution in [1.29, 1.82) is 0 Å². The number of hydrogen-bond acceptors (Lipinski definition) is 1. The molecule has 4 atom stereocenters. The zero-order chi connectivity index (χ0) is 9.84. The summed E-state index contributed by atoms with van der Waals surface area (Å²) in [5.41, 5.74) is 0. The average Bonchev–Trinajstić information content (AvgIpc) is 2.12. The third kappa shape index (κ3) is 2.70. The van der Waals surface area contributed by atoms with Gasteiger partial charge in [0.2, 0.25) is 0 Å². The van der Waals surface area contributed by atoms with Crippen LogP contribution in [0.3, 0.4) is 0 Å². The van der Waals surface area contributed by atoms with E-state index >= 15 is 0 Å². The van der Waals surface area contributed by atoms with Gasteiger partial charge in [0.05, 0.1) is 6.10 Å². The van der Waals surface area contributed by atoms with E-state index < -0.39 is 0 Å². The van der Waals surface area contributed by atoms with Gasteiger partial charge in [-0.1, -0.05) is 33.6 Å². The van der Waals surface area contributed by atoms with Gasteiger partial charge >= 0.3 is 0 Å². The van der Waals surface area contributed by atoms with E-state index in [-0.39, 0.29) is 6.10 Å². The largest absolute Gasteiger partial charge is 0.393 e. The van der Waals surface area contributed by atoms with E-state index in [1.165, 1.54) is 25.7 Å². The first-order chi connectivity index (χ1) is 6.16. The molecule has 1 saturated carbocycles. The maximum absolute atomic E-state index is 9.88. The van der Waals surface area contributed by atoms with E-state index in [0.717, 1.165) is 18.3 Å². The number of aliphatic hydroxyl groups excluding tert-OH is 1. The van der Waals surface area contributed by atoms with Gasteiger partial charge in [0.1, 0.15) is 0 Å². The minimum absolute atomic E-state index is 0.0160. The summed E-state index contributed by atoms with van der Waals surface area (Å²) in [6.45, 7) is 6.87. The van der Waals surface area contributed by atoms with Crippen molar-refractivity contribution >= 4 is 0 Å². The van der Waals surface area contributed by atoms with Crippen molar-refractivity contribution in [3.8, 4) is 0 Å². The summed E-state index contributed by atoms with van der Waals surface area (Å²) in [6, 6.07) is 0. The summed E-state index contributed by atoms with van der Waals surface area (Å²) in [7, 11) is 0. The quantitative estimate of drug-likeness (QED) is 0.714. The Morgan fingerprint density at radius 3 is 2.54 bits per heavy atom. The molecule has 0 aromatic heterocycles. The Hall–Kier alpha value is -0.0400. The molecule has 1 fully saturated rings. The van der Waals surface area contributed by atoms with E-state index in [9.17, 15) is 5.11 Å². The minimum atomic E-state index is -0.0160. The van der Waals surface area contributed by atoms with Crippen LogP contribution in [0.2, 0.25) is 0 Å². The number of unbranched alkanes of at least 4 members (excludes halogenated alkanes) is 1. The fourth-order valence-corrected chi connectivity index (χ4v) is 2.58. The first kappa shape index (κ1) is 11.0. The maximum atomic E-state index is 9.88. The Morgan fingerprint density at radius 2 is 1.92 bits per heavy atom. The smallest absolute Gasteiger partial charge is 0.0571 e. The van der Waals surface area contributed by atoms with E-state index in [0.29, 0.717) is 5.92 Å². The molecular formula is C12H24O. The van der Waals surface area contributed by atoms with Crippen molar-refractivity contribution in [3.63, 3.8) is 0 Å². The lowest BCUT2D eigenvalue weighted by molar-refractivity contribution is 0.00809. The summed E-state index contributed by atoms with van der Waals surface area (Å²) < 4.78 is 0. The van der Waals surface area contributed by atoms with Crippen molar-refractivity contribution < 1.29 is 5.11 Å². The molecule has 0 aromatic rings. The third-order valence-electron chi connectivity index (χ3n) is 3.88. The molecule has 78 valence electrons. The van der Waals surface area contributed by atoms with E-state index in [4.69, 9.17) is 0 Å². The topological polar surface area (TPSA) is 20.2 Å². The standard InChI is InChI=1S/C12H24O/c1-4-5-6-11-10(3)9(2)7-8-12(11)13/h9-13H,4-8H2,1-3H3. The van der Waals surface area contributed by atoms with E-state index in [1.54, 1.807) is 0 Å². The lowest BCUT2D eigenvalue weighted by atomic mass is 9.70. The predicted octanol–water partition coefficient (Wildman–Crippen LogP) is 3.22. The van der Waals surface area contributed by atoms with Crippen LogP contribution in [0, 0.1) is 17.8 Å². The van der Waals surface area contributed by atoms with Crippen LogP contribution < -0.4 is 0 Å². The summed E-state index contributed by atoms with van der Waals surface area (Å²) in [5.74, 6) is 2.10. The van der Waals surface area contributed by atoms with Gasteiger partial charge in [-0.2, -0.15) is 0 Å². The lowest BCUT2D eigenvalue weighted by Gasteiger charge is -2.38. The number of rotatable bonds is 3. The highest BCUT2D eigenvalue weighted by atomic mass is 16.3. The Labute approximate surface area is 82.5 Å². The number of hydrogen-bond donors (Lipinski definition) is 1. The summed E-state index contributed by atoms with van der Waals surface area (Å²) in [5, 5.41) is 9.88. The molecule has 0 heterocycles. The SMILES string of the molecule is CCCCC1C(O)CCC(C)C1C. The van der Waals surface area contributed by atoms with Gasteiger partial charge in [-0.3, -0.25) is 0 Å². The predicted molar refractivity (Wildman–Crippen MR) is 56.6 cm³/mol. The van der Waals surface area contributed by atoms with Gasteiger partial charge < -0.3 is 5.11 Å². The van der Waals surface area contributed by atoms with Crippen LogP contribution in [0.1, 0.15) is 52.9 Å². The van der Waals surface area contributed by atoms with Crippen LogP contribution in [0.4, 0.5) is 0 Å². The van der Waals surface area contributed by atoms with Gasteiger partial charge in [0.15, 0.2) is 0 Å². The first-order valence-electron chi connectivity index (χ1n) is 5.84. The summed E-state index contributed by atoms with van der Waals surface area (Å²) in [4.78, 5) is 0. The summed E-state index contributed by atoms with van der Waals surface area (Å²) in [6.07, 6.45) is 5.98. The van der Waals surface area contributed by atoms with Crippen molar-refractivity contribution in [2.45, 2.75) is 59.0 Å². The molecule has 1 aliphatic carbocycles. The molecule has 1 heteroatoms. The number of aliphatic hydroxyl groups is 1. The molecule has 1 rings (SSSR count). The van der Waals surface area contributed by atoms with Gasteiger partial charge in [0, 0.05) is 0 Å². The molecule has 13 heavy (non-hydrogen) atoms. The highest BCUT2D eigenvalue weighted by Crippen LogP contribution is 2.37. The molecule has 1 N–H and O–H groups in total. The molecule has 1 nitrogen and oxygen atoms in total. The molecule has 0 aliphatic heterocycles. The van der Waals surface area contributed by atoms with Crippen molar-refractivity contribution in [1.82, 2.24) is 0 Å². The van der Waals surface area contributed by atoms with Gasteiger partial charge in [-0.15, -0.1) is 0 Å². The molecule has 0 aromatic carbocycles. The fraction of sp³-hybridized carbons (Fsp3) is 1.00. The van der Waals surface area contributed by atoms with Crippen LogP contribution in [0.15, 0.2) is 0 Å². The first-order valence-corrected chi connectivity index (χ1v) is 5.84. The minimum Gasteiger partial charge on any atom is -0.393 e. The van der Waals surface area contributed by atoms with Gasteiger partial charge in [-0.05, 0) is 37.0 Å². The van der Waals surface area contributed by atoms with E-state index in [1.807, 2.05) is 0 Å². The van der Waals surface area contributed by atoms with E-state index in [2.05, 4.69) is 20.8 Å². The molecule has 0 spiro atoms. The second-order valence-corrected chi connectivity index (χ2v) is 4.79. The third-order valence-corrected chi connectivity index (χ3v) is 3.88. The second kappa shape index (κ2) is 4.99. The molecule has 1 aliphatic rings. The Morgan fingerprint density at radius 1 is 1.23 bits per heavy atom. The highest BCUT2D eigenvalue weighted by molar-refractivity contribution is 4.83. The zero-order valence-corrected chi connectivity index (χ0v) is 9.29. The highest BCUT2D eigenvalue weighted by Gasteiger charge is 2.32. The molecule has 0 bridgehead atoms. The zero-order valence-electron chi connectivity index (χ0n) is 9.29. The molecule has 0 saturated heterocycles. The average molecular weight is 184 g/mol.